The van der Waals surface area contributed by atoms with Crippen LogP contribution in [-0.2, 0) is 19.7 Å². The van der Waals surface area contributed by atoms with Gasteiger partial charge in [-0.05, 0) is 16.7 Å². The molecule has 0 fully saturated rings. The van der Waals surface area contributed by atoms with E-state index in [0.29, 0.717) is 0 Å². The van der Waals surface area contributed by atoms with Crippen LogP contribution in [-0.4, -0.2) is 13.2 Å². The summed E-state index contributed by atoms with van der Waals surface area (Å²) in [4.78, 5) is 0. The van der Waals surface area contributed by atoms with Gasteiger partial charge in [-0.2, -0.15) is 0 Å². The molecule has 21 heavy (non-hydrogen) atoms. The number of hydrogen-bond donors (Lipinski definition) is 2. The Balaban J connectivity index is 1.85. The lowest BCUT2D eigenvalue weighted by Crippen LogP contribution is -2.37. The van der Waals surface area contributed by atoms with Crippen LogP contribution in [0.25, 0.3) is 0 Å². The molecule has 2 aromatic carbocycles. The Hall–Kier alpha value is -1.42. The van der Waals surface area contributed by atoms with Gasteiger partial charge in [-0.1, -0.05) is 73.4 Å². The van der Waals surface area contributed by atoms with Crippen molar-refractivity contribution in [3.63, 3.8) is 0 Å². The molecule has 0 heterocycles. The van der Waals surface area contributed by atoms with E-state index in [2.05, 4.69) is 61.4 Å². The van der Waals surface area contributed by atoms with Crippen LogP contribution in [0.1, 0.15) is 16.7 Å². The van der Waals surface area contributed by atoms with E-state index in [4.69, 9.17) is 5.11 Å². The summed E-state index contributed by atoms with van der Waals surface area (Å²) in [6.45, 7) is 8.95. The molecule has 0 saturated heterocycles. The van der Waals surface area contributed by atoms with Crippen molar-refractivity contribution in [2.24, 2.45) is 0 Å². The van der Waals surface area contributed by atoms with Crippen molar-refractivity contribution in [2.75, 3.05) is 0 Å². The molecule has 2 nitrogen and oxygen atoms in total. The van der Waals surface area contributed by atoms with Gasteiger partial charge in [0.1, 0.15) is 0 Å². The van der Waals surface area contributed by atoms with Gasteiger partial charge in [-0.15, -0.1) is 0 Å². The molecule has 2 rings (SSSR count). The van der Waals surface area contributed by atoms with E-state index < -0.39 is 8.07 Å². The van der Waals surface area contributed by atoms with E-state index in [1.165, 1.54) is 16.3 Å². The Labute approximate surface area is 128 Å². The summed E-state index contributed by atoms with van der Waals surface area (Å²) < 4.78 is 0. The minimum absolute atomic E-state index is 0.108. The zero-order valence-electron chi connectivity index (χ0n) is 13.2. The second kappa shape index (κ2) is 7.03. The number of rotatable bonds is 6. The Kier molecular flexibility index (Phi) is 5.34. The minimum atomic E-state index is -1.19. The molecule has 0 aliphatic rings. The standard InChI is InChI=1S/C18H25NOSi/c1-21(2,3)18-10-8-16(9-11-18)13-19-12-15-4-6-17(14-20)7-5-15/h4-11,19-20H,12-14H2,1-3H3. The fraction of sp³-hybridized carbons (Fsp3) is 0.333. The van der Waals surface area contributed by atoms with E-state index in [-0.39, 0.29) is 6.61 Å². The Morgan fingerprint density at radius 3 is 1.62 bits per heavy atom. The number of nitrogens with one attached hydrogen (secondary N) is 1. The summed E-state index contributed by atoms with van der Waals surface area (Å²) in [5, 5.41) is 14.0. The second-order valence-electron chi connectivity index (χ2n) is 6.53. The van der Waals surface area contributed by atoms with E-state index in [1.807, 2.05) is 12.1 Å². The largest absolute Gasteiger partial charge is 0.392 e. The van der Waals surface area contributed by atoms with Crippen LogP contribution in [0.15, 0.2) is 48.5 Å². The predicted octanol–water partition coefficient (Wildman–Crippen LogP) is 3.01. The third kappa shape index (κ3) is 4.81. The molecule has 2 aromatic rings. The van der Waals surface area contributed by atoms with Gasteiger partial charge in [0.05, 0.1) is 14.7 Å². The fourth-order valence-corrected chi connectivity index (χ4v) is 3.40. The van der Waals surface area contributed by atoms with Crippen molar-refractivity contribution < 1.29 is 5.11 Å². The summed E-state index contributed by atoms with van der Waals surface area (Å²) in [5.41, 5.74) is 3.52. The summed E-state index contributed by atoms with van der Waals surface area (Å²) in [6.07, 6.45) is 0. The number of aliphatic hydroxyl groups excluding tert-OH is 1. The number of aliphatic hydroxyl groups is 1. The van der Waals surface area contributed by atoms with Gasteiger partial charge in [0.2, 0.25) is 0 Å². The highest BCUT2D eigenvalue weighted by atomic mass is 28.3. The third-order valence-corrected chi connectivity index (χ3v) is 5.75. The topological polar surface area (TPSA) is 32.3 Å². The maximum Gasteiger partial charge on any atom is 0.0775 e. The van der Waals surface area contributed by atoms with Crippen LogP contribution >= 0.6 is 0 Å². The maximum absolute atomic E-state index is 9.02. The van der Waals surface area contributed by atoms with E-state index in [0.717, 1.165) is 18.7 Å². The first-order valence-corrected chi connectivity index (χ1v) is 11.0. The lowest BCUT2D eigenvalue weighted by atomic mass is 10.1. The molecule has 0 aromatic heterocycles. The first kappa shape index (κ1) is 16.0. The van der Waals surface area contributed by atoms with Crippen molar-refractivity contribution in [1.82, 2.24) is 5.32 Å². The van der Waals surface area contributed by atoms with Crippen LogP contribution in [0.3, 0.4) is 0 Å². The van der Waals surface area contributed by atoms with Crippen molar-refractivity contribution in [2.45, 2.75) is 39.3 Å². The summed E-state index contributed by atoms with van der Waals surface area (Å²) in [6, 6.07) is 17.1. The van der Waals surface area contributed by atoms with Gasteiger partial charge >= 0.3 is 0 Å². The van der Waals surface area contributed by atoms with Crippen molar-refractivity contribution >= 4 is 13.3 Å². The molecule has 0 atom stereocenters. The molecule has 0 spiro atoms. The number of hydrogen-bond acceptors (Lipinski definition) is 2. The van der Waals surface area contributed by atoms with E-state index >= 15 is 0 Å². The SMILES string of the molecule is C[Si](C)(C)c1ccc(CNCc2ccc(CO)cc2)cc1. The smallest absolute Gasteiger partial charge is 0.0775 e. The zero-order chi connectivity index (χ0) is 15.3. The Morgan fingerprint density at radius 1 is 0.762 bits per heavy atom. The molecule has 0 amide bonds. The van der Waals surface area contributed by atoms with Crippen molar-refractivity contribution in [3.8, 4) is 0 Å². The summed E-state index contributed by atoms with van der Waals surface area (Å²) >= 11 is 0. The molecular weight excluding hydrogens is 274 g/mol. The fourth-order valence-electron chi connectivity index (χ4n) is 2.24. The van der Waals surface area contributed by atoms with Crippen LogP contribution in [0, 0.1) is 0 Å². The van der Waals surface area contributed by atoms with Gasteiger partial charge < -0.3 is 10.4 Å². The second-order valence-corrected chi connectivity index (χ2v) is 11.6. The average molecular weight is 299 g/mol. The van der Waals surface area contributed by atoms with Gasteiger partial charge in [-0.25, -0.2) is 0 Å². The normalized spacial score (nSPS) is 11.6. The molecular formula is C18H25NOSi. The molecule has 112 valence electrons. The maximum atomic E-state index is 9.02. The Morgan fingerprint density at radius 2 is 1.19 bits per heavy atom. The molecule has 0 saturated carbocycles. The van der Waals surface area contributed by atoms with Crippen LogP contribution in [0.2, 0.25) is 19.6 Å². The molecule has 0 radical (unpaired) electrons. The molecule has 3 heteroatoms. The Bertz CT molecular complexity index is 555. The first-order valence-electron chi connectivity index (χ1n) is 7.48. The monoisotopic (exact) mass is 299 g/mol. The molecule has 0 unspecified atom stereocenters. The lowest BCUT2D eigenvalue weighted by Gasteiger charge is -2.16. The van der Waals surface area contributed by atoms with Crippen LogP contribution < -0.4 is 10.5 Å². The highest BCUT2D eigenvalue weighted by Crippen LogP contribution is 2.06. The summed E-state index contributed by atoms with van der Waals surface area (Å²) in [5.74, 6) is 0. The number of benzene rings is 2. The van der Waals surface area contributed by atoms with Crippen molar-refractivity contribution in [1.29, 1.82) is 0 Å². The van der Waals surface area contributed by atoms with Crippen LogP contribution in [0.4, 0.5) is 0 Å². The molecule has 0 aliphatic heterocycles. The quantitative estimate of drug-likeness (QED) is 0.804. The van der Waals surface area contributed by atoms with E-state index in [1.54, 1.807) is 0 Å². The first-order chi connectivity index (χ1) is 9.99. The van der Waals surface area contributed by atoms with Crippen LogP contribution in [0.5, 0.6) is 0 Å². The van der Waals surface area contributed by atoms with Gasteiger partial charge in [0.15, 0.2) is 0 Å². The highest BCUT2D eigenvalue weighted by Gasteiger charge is 2.15. The van der Waals surface area contributed by atoms with Gasteiger partial charge in [-0.3, -0.25) is 0 Å². The zero-order valence-corrected chi connectivity index (χ0v) is 14.2. The lowest BCUT2D eigenvalue weighted by molar-refractivity contribution is 0.282. The van der Waals surface area contributed by atoms with Gasteiger partial charge in [0.25, 0.3) is 0 Å². The predicted molar refractivity (Wildman–Crippen MR) is 92.3 cm³/mol. The molecule has 2 N–H and O–H groups in total. The van der Waals surface area contributed by atoms with E-state index in [9.17, 15) is 0 Å². The molecule has 0 aliphatic carbocycles. The summed E-state index contributed by atoms with van der Waals surface area (Å²) in [7, 11) is -1.19. The van der Waals surface area contributed by atoms with Crippen molar-refractivity contribution in [3.05, 3.63) is 65.2 Å². The highest BCUT2D eigenvalue weighted by molar-refractivity contribution is 6.88. The molecule has 0 bridgehead atoms. The average Bonchev–Trinajstić information content (AvgIpc) is 2.47. The van der Waals surface area contributed by atoms with Gasteiger partial charge in [0, 0.05) is 13.1 Å². The third-order valence-electron chi connectivity index (χ3n) is 3.68. The minimum Gasteiger partial charge on any atom is -0.392 e.